The van der Waals surface area contributed by atoms with Crippen LogP contribution in [0.4, 0.5) is 0 Å². The third kappa shape index (κ3) is 13.8. The highest BCUT2D eigenvalue weighted by Crippen LogP contribution is 2.67. The van der Waals surface area contributed by atoms with Crippen LogP contribution in [0.1, 0.15) is 209 Å². The monoisotopic (exact) mass is 867 g/mol. The second kappa shape index (κ2) is 25.4. The maximum Gasteiger partial charge on any atom is 0.305 e. The molecule has 1 aliphatic heterocycles. The van der Waals surface area contributed by atoms with Gasteiger partial charge in [-0.1, -0.05) is 149 Å². The normalized spacial score (nSPS) is 35.8. The fourth-order valence-corrected chi connectivity index (χ4v) is 13.0. The summed E-state index contributed by atoms with van der Waals surface area (Å²) in [6.07, 6.45) is 34.2. The van der Waals surface area contributed by atoms with Gasteiger partial charge in [0.2, 0.25) is 0 Å². The van der Waals surface area contributed by atoms with Crippen LogP contribution >= 0.6 is 0 Å². The molecule has 0 spiro atoms. The highest BCUT2D eigenvalue weighted by molar-refractivity contribution is 5.69. The Morgan fingerprint density at radius 3 is 2.16 bits per heavy atom. The van der Waals surface area contributed by atoms with Crippen molar-refractivity contribution >= 4 is 5.97 Å². The summed E-state index contributed by atoms with van der Waals surface area (Å²) in [4.78, 5) is 12.6. The van der Waals surface area contributed by atoms with Crippen LogP contribution < -0.4 is 0 Å². The van der Waals surface area contributed by atoms with Crippen LogP contribution in [0.15, 0.2) is 36.0 Å². The van der Waals surface area contributed by atoms with E-state index in [1.54, 1.807) is 0 Å². The summed E-state index contributed by atoms with van der Waals surface area (Å²) >= 11 is 0. The van der Waals surface area contributed by atoms with Crippen molar-refractivity contribution in [2.24, 2.45) is 52.3 Å². The van der Waals surface area contributed by atoms with Crippen molar-refractivity contribution < 1.29 is 34.3 Å². The molecule has 0 aromatic carbocycles. The summed E-state index contributed by atoms with van der Waals surface area (Å²) in [6.45, 7) is 17.0. The summed E-state index contributed by atoms with van der Waals surface area (Å²) < 4.78 is 18.1. The molecule has 4 fully saturated rings. The van der Waals surface area contributed by atoms with Crippen LogP contribution in [0.5, 0.6) is 0 Å². The maximum atomic E-state index is 12.6. The highest BCUT2D eigenvalue weighted by Gasteiger charge is 2.59. The van der Waals surface area contributed by atoms with Crippen LogP contribution in [0.25, 0.3) is 0 Å². The van der Waals surface area contributed by atoms with E-state index in [4.69, 9.17) is 14.2 Å². The number of fused-ring (bicyclic) bond motifs is 5. The standard InChI is InChI=1S/C55H94O7/c1-8-9-10-11-12-13-14-15-16-17-18-19-20-21-22-23-24-25-26-49(56)60-38-48-50(57)51(58)52(59)53(62-48)61-43-33-35-54(6)42(37-43)29-30-44-46-32-31-45(55(46,7)36-34-47(44)54)41(5)28-27-40(4)39(2)3/h13-14,16-17,29,39-41,43-48,50-53,57-59H,8-12,15,18-28,30-38H2,1-7H3/b14-13-,17-16-. The van der Waals surface area contributed by atoms with E-state index in [-0.39, 0.29) is 24.1 Å². The van der Waals surface area contributed by atoms with Crippen LogP contribution in [-0.2, 0) is 19.0 Å². The number of hydrogen-bond acceptors (Lipinski definition) is 7. The summed E-state index contributed by atoms with van der Waals surface area (Å²) in [6, 6.07) is 0. The van der Waals surface area contributed by atoms with Gasteiger partial charge in [0.25, 0.3) is 0 Å². The van der Waals surface area contributed by atoms with Crippen molar-refractivity contribution in [2.45, 2.75) is 246 Å². The van der Waals surface area contributed by atoms with E-state index in [0.29, 0.717) is 17.8 Å². The van der Waals surface area contributed by atoms with Gasteiger partial charge in [0.1, 0.15) is 31.0 Å². The molecular weight excluding hydrogens is 773 g/mol. The predicted molar refractivity (Wildman–Crippen MR) is 253 cm³/mol. The van der Waals surface area contributed by atoms with Gasteiger partial charge in [0.15, 0.2) is 6.29 Å². The smallest absolute Gasteiger partial charge is 0.305 e. The molecule has 0 amide bonds. The Morgan fingerprint density at radius 1 is 0.790 bits per heavy atom. The van der Waals surface area contributed by atoms with Crippen molar-refractivity contribution in [3.05, 3.63) is 36.0 Å². The van der Waals surface area contributed by atoms with Gasteiger partial charge in [0.05, 0.1) is 6.10 Å². The van der Waals surface area contributed by atoms with Crippen LogP contribution in [0.3, 0.4) is 0 Å². The molecule has 62 heavy (non-hydrogen) atoms. The predicted octanol–water partition coefficient (Wildman–Crippen LogP) is 13.0. The number of rotatable bonds is 26. The Bertz CT molecular complexity index is 1410. The van der Waals surface area contributed by atoms with Crippen LogP contribution in [0, 0.1) is 52.3 Å². The van der Waals surface area contributed by atoms with Crippen molar-refractivity contribution in [3.63, 3.8) is 0 Å². The van der Waals surface area contributed by atoms with Crippen LogP contribution in [0.2, 0.25) is 0 Å². The number of aliphatic hydroxyl groups excluding tert-OH is 3. The zero-order chi connectivity index (χ0) is 44.7. The Hall–Kier alpha value is -1.51. The topological polar surface area (TPSA) is 105 Å². The number of allylic oxidation sites excluding steroid dienone is 5. The zero-order valence-electron chi connectivity index (χ0n) is 40.8. The van der Waals surface area contributed by atoms with E-state index in [2.05, 4.69) is 78.8 Å². The minimum atomic E-state index is -1.45. The molecule has 0 bridgehead atoms. The first-order chi connectivity index (χ1) is 29.8. The lowest BCUT2D eigenvalue weighted by Crippen LogP contribution is -2.60. The quantitative estimate of drug-likeness (QED) is 0.0452. The first kappa shape index (κ1) is 51.5. The van der Waals surface area contributed by atoms with E-state index in [1.165, 1.54) is 102 Å². The third-order valence-electron chi connectivity index (χ3n) is 17.5. The molecule has 7 nitrogen and oxygen atoms in total. The number of carbonyl (C=O) groups excluding carboxylic acids is 1. The van der Waals surface area contributed by atoms with Crippen LogP contribution in [-0.4, -0.2) is 64.7 Å². The van der Waals surface area contributed by atoms with Gasteiger partial charge in [-0.3, -0.25) is 4.79 Å². The number of carbonyl (C=O) groups is 1. The molecule has 7 heteroatoms. The molecule has 5 aliphatic rings. The molecular formula is C55H94O7. The molecule has 0 aromatic heterocycles. The molecule has 14 unspecified atom stereocenters. The van der Waals surface area contributed by atoms with Gasteiger partial charge >= 0.3 is 5.97 Å². The van der Waals surface area contributed by atoms with Crippen molar-refractivity contribution in [1.82, 2.24) is 0 Å². The fourth-order valence-electron chi connectivity index (χ4n) is 13.0. The minimum absolute atomic E-state index is 0.144. The zero-order valence-corrected chi connectivity index (χ0v) is 40.8. The fraction of sp³-hybridized carbons (Fsp3) is 0.873. The van der Waals surface area contributed by atoms with Gasteiger partial charge in [-0.25, -0.2) is 0 Å². The molecule has 1 heterocycles. The minimum Gasteiger partial charge on any atom is -0.463 e. The number of hydrogen-bond donors (Lipinski definition) is 3. The summed E-state index contributed by atoms with van der Waals surface area (Å²) in [5.41, 5.74) is 2.12. The molecule has 14 atom stereocenters. The number of esters is 1. The highest BCUT2D eigenvalue weighted by atomic mass is 16.7. The molecule has 356 valence electrons. The van der Waals surface area contributed by atoms with Gasteiger partial charge in [-0.2, -0.15) is 0 Å². The average molecular weight is 867 g/mol. The van der Waals surface area contributed by atoms with E-state index in [9.17, 15) is 20.1 Å². The first-order valence-corrected chi connectivity index (χ1v) is 26.3. The first-order valence-electron chi connectivity index (χ1n) is 26.3. The van der Waals surface area contributed by atoms with Gasteiger partial charge < -0.3 is 29.5 Å². The summed E-state index contributed by atoms with van der Waals surface area (Å²) in [5.74, 6) is 5.14. The Balaban J connectivity index is 0.982. The average Bonchev–Trinajstić information content (AvgIpc) is 3.62. The molecule has 4 aliphatic carbocycles. The second-order valence-electron chi connectivity index (χ2n) is 22.0. The Labute approximate surface area is 379 Å². The van der Waals surface area contributed by atoms with Gasteiger partial charge in [0, 0.05) is 6.42 Å². The largest absolute Gasteiger partial charge is 0.463 e. The van der Waals surface area contributed by atoms with Crippen molar-refractivity contribution in [2.75, 3.05) is 6.61 Å². The molecule has 0 radical (unpaired) electrons. The van der Waals surface area contributed by atoms with Gasteiger partial charge in [-0.05, 0) is 142 Å². The summed E-state index contributed by atoms with van der Waals surface area (Å²) in [7, 11) is 0. The second-order valence-corrected chi connectivity index (χ2v) is 22.0. The maximum absolute atomic E-state index is 12.6. The lowest BCUT2D eigenvalue weighted by Gasteiger charge is -2.58. The van der Waals surface area contributed by atoms with Gasteiger partial charge in [-0.15, -0.1) is 0 Å². The number of unbranched alkanes of at least 4 members (excludes halogenated alkanes) is 11. The van der Waals surface area contributed by atoms with Crippen molar-refractivity contribution in [1.29, 1.82) is 0 Å². The number of aliphatic hydroxyl groups is 3. The Kier molecular flexibility index (Phi) is 21.1. The molecule has 3 N–H and O–H groups in total. The lowest BCUT2D eigenvalue weighted by atomic mass is 9.47. The van der Waals surface area contributed by atoms with E-state index < -0.39 is 30.7 Å². The van der Waals surface area contributed by atoms with E-state index in [0.717, 1.165) is 93.3 Å². The Morgan fingerprint density at radius 2 is 1.47 bits per heavy atom. The SMILES string of the molecule is CCCCCC/C=C\C/C=C\CCCCCCCCCC(=O)OCC1OC(OC2CCC3(C)C(=CCC4C3CCC3(C)C(C(C)CCC(C)C(C)C)CCC43)C2)C(O)C(O)C1O. The van der Waals surface area contributed by atoms with E-state index in [1.807, 2.05) is 0 Å². The lowest BCUT2D eigenvalue weighted by molar-refractivity contribution is -0.313. The summed E-state index contributed by atoms with van der Waals surface area (Å²) in [5, 5.41) is 32.6. The molecule has 1 saturated heterocycles. The van der Waals surface area contributed by atoms with Crippen molar-refractivity contribution in [3.8, 4) is 0 Å². The van der Waals surface area contributed by atoms with E-state index >= 15 is 0 Å². The molecule has 3 saturated carbocycles. The number of ether oxygens (including phenoxy) is 3. The molecule has 0 aromatic rings. The molecule has 5 rings (SSSR count). The third-order valence-corrected chi connectivity index (χ3v) is 17.5.